The number of nitro benzene ring substituents is 2. The number of nitro groups is 2. The van der Waals surface area contributed by atoms with Crippen LogP contribution in [0.2, 0.25) is 0 Å². The number of aliphatic hydroxyl groups excluding tert-OH is 3. The van der Waals surface area contributed by atoms with Crippen LogP contribution in [0.5, 0.6) is 0 Å². The summed E-state index contributed by atoms with van der Waals surface area (Å²) in [7, 11) is 0. The largest absolute Gasteiger partial charge is 0.399 e. The van der Waals surface area contributed by atoms with Crippen molar-refractivity contribution in [2.75, 3.05) is 55.8 Å². The zero-order valence-corrected chi connectivity index (χ0v) is 30.0. The van der Waals surface area contributed by atoms with E-state index in [1.54, 1.807) is 19.1 Å². The number of halogens is 3. The van der Waals surface area contributed by atoms with E-state index >= 15 is 0 Å². The van der Waals surface area contributed by atoms with Crippen molar-refractivity contribution in [2.45, 2.75) is 59.3 Å². The minimum absolute atomic E-state index is 0. The van der Waals surface area contributed by atoms with Crippen LogP contribution in [0.15, 0.2) is 54.6 Å². The molecule has 0 fully saturated rings. The summed E-state index contributed by atoms with van der Waals surface area (Å²) in [6.07, 6.45) is 5.26. The van der Waals surface area contributed by atoms with Crippen molar-refractivity contribution in [3.8, 4) is 0 Å². The molecule has 3 rings (SSSR count). The Bertz CT molecular complexity index is 1340. The molecule has 16 heteroatoms. The molecular weight excluding hydrogens is 682 g/mol. The average Bonchev–Trinajstić information content (AvgIpc) is 3.03. The molecule has 0 amide bonds. The highest BCUT2D eigenvalue weighted by molar-refractivity contribution is 5.85. The molecule has 49 heavy (non-hydrogen) atoms. The van der Waals surface area contributed by atoms with Crippen LogP contribution >= 0.6 is 24.8 Å². The van der Waals surface area contributed by atoms with Gasteiger partial charge in [-0.05, 0) is 114 Å². The zero-order valence-electron chi connectivity index (χ0n) is 28.4. The van der Waals surface area contributed by atoms with Gasteiger partial charge in [-0.2, -0.15) is 0 Å². The van der Waals surface area contributed by atoms with Gasteiger partial charge < -0.3 is 37.4 Å². The Morgan fingerprint density at radius 1 is 0.653 bits per heavy atom. The lowest BCUT2D eigenvalue weighted by Gasteiger charge is -2.07. The lowest BCUT2D eigenvalue weighted by atomic mass is 10.2. The lowest BCUT2D eigenvalue weighted by Crippen LogP contribution is -2.03. The fourth-order valence-corrected chi connectivity index (χ4v) is 3.77. The Hall–Kier alpha value is -3.79. The second-order valence-corrected chi connectivity index (χ2v) is 10.5. The molecule has 0 unspecified atom stereocenters. The molecule has 9 N–H and O–H groups in total. The number of aryl methyl sites for hydroxylation is 3. The molecule has 0 atom stereocenters. The van der Waals surface area contributed by atoms with Crippen molar-refractivity contribution in [3.05, 3.63) is 97.3 Å². The number of rotatable bonds is 15. The third kappa shape index (κ3) is 23.2. The number of nitrogens with zero attached hydrogens (tertiary/aromatic N) is 2. The van der Waals surface area contributed by atoms with E-state index in [1.165, 1.54) is 13.0 Å². The number of unbranched alkanes of at least 4 members (excludes halogenated alkanes) is 3. The van der Waals surface area contributed by atoms with Gasteiger partial charge >= 0.3 is 0 Å². The quantitative estimate of drug-likeness (QED) is 0.0389. The van der Waals surface area contributed by atoms with Gasteiger partial charge in [0.25, 0.3) is 11.4 Å². The molecule has 3 aromatic carbocycles. The predicted octanol–water partition coefficient (Wildman–Crippen LogP) is 6.45. The third-order valence-corrected chi connectivity index (χ3v) is 6.46. The smallest absolute Gasteiger partial charge is 0.272 e. The van der Waals surface area contributed by atoms with E-state index in [1.807, 2.05) is 25.1 Å². The molecule has 0 heterocycles. The predicted molar refractivity (Wildman–Crippen MR) is 201 cm³/mol. The molecule has 13 nitrogen and oxygen atoms in total. The summed E-state index contributed by atoms with van der Waals surface area (Å²) >= 11 is 0. The van der Waals surface area contributed by atoms with Crippen LogP contribution in [0.3, 0.4) is 0 Å². The second-order valence-electron chi connectivity index (χ2n) is 10.5. The molecular formula is C33H53Cl2FN6O7. The van der Waals surface area contributed by atoms with E-state index in [9.17, 15) is 24.6 Å². The molecule has 0 saturated carbocycles. The number of nitrogen functional groups attached to an aromatic ring is 1. The number of hydrogen-bond acceptors (Lipinski definition) is 11. The van der Waals surface area contributed by atoms with Crippen molar-refractivity contribution in [1.29, 1.82) is 0 Å². The number of hydrogen-bond donors (Lipinski definition) is 7. The number of nitrogens with one attached hydrogen (secondary N) is 2. The van der Waals surface area contributed by atoms with Gasteiger partial charge in [-0.25, -0.2) is 4.39 Å². The monoisotopic (exact) mass is 734 g/mol. The number of benzene rings is 3. The topological polar surface area (TPSA) is 223 Å². The molecule has 0 aliphatic heterocycles. The van der Waals surface area contributed by atoms with Crippen molar-refractivity contribution >= 4 is 53.3 Å². The van der Waals surface area contributed by atoms with E-state index in [2.05, 4.69) is 10.6 Å². The van der Waals surface area contributed by atoms with Crippen LogP contribution in [-0.2, 0) is 0 Å². The summed E-state index contributed by atoms with van der Waals surface area (Å²) in [5, 5.41) is 52.6. The summed E-state index contributed by atoms with van der Waals surface area (Å²) in [4.78, 5) is 19.9. The lowest BCUT2D eigenvalue weighted by molar-refractivity contribution is -0.385. The Balaban J connectivity index is -0.000000594. The van der Waals surface area contributed by atoms with Crippen LogP contribution in [0.4, 0.5) is 32.8 Å². The number of aliphatic hydroxyl groups is 3. The molecule has 0 aliphatic carbocycles. The normalized spacial score (nSPS) is 9.47. The average molecular weight is 736 g/mol. The fraction of sp³-hybridized carbons (Fsp3) is 0.455. The van der Waals surface area contributed by atoms with Gasteiger partial charge in [0.15, 0.2) is 0 Å². The standard InChI is InChI=1S/C11H16N2O3.C11H18N2O.C7H6FNO2.C4H11NO.2ClH/c1-9-8-10(12-6-2-3-7-14)4-5-11(9)13(15)16;1-9-8-10(4-5-11(9)12)13-6-2-3-7-14;1-5-4-6(8)2-3-7(5)9(10)11;5-3-1-2-4-6;;/h4-5,8,12,14H,2-3,6-7H2,1H3;4-5,8,13-14H,2-3,6-7,12H2,1H3;2-4H,1H3;6H,1-5H2;2*1H. The Labute approximate surface area is 300 Å². The Morgan fingerprint density at radius 2 is 1.06 bits per heavy atom. The van der Waals surface area contributed by atoms with Gasteiger partial charge in [0, 0.05) is 73.2 Å². The van der Waals surface area contributed by atoms with Gasteiger partial charge in [-0.3, -0.25) is 20.2 Å². The minimum Gasteiger partial charge on any atom is -0.399 e. The fourth-order valence-electron chi connectivity index (χ4n) is 3.77. The van der Waals surface area contributed by atoms with Crippen molar-refractivity contribution < 1.29 is 29.6 Å². The highest BCUT2D eigenvalue weighted by atomic mass is 35.5. The summed E-state index contributed by atoms with van der Waals surface area (Å²) in [5.74, 6) is -0.451. The van der Waals surface area contributed by atoms with Gasteiger partial charge in [-0.1, -0.05) is 0 Å². The first kappa shape index (κ1) is 49.6. The first-order chi connectivity index (χ1) is 22.4. The van der Waals surface area contributed by atoms with E-state index in [0.717, 1.165) is 92.4 Å². The highest BCUT2D eigenvalue weighted by Gasteiger charge is 2.10. The van der Waals surface area contributed by atoms with E-state index in [0.29, 0.717) is 17.7 Å². The van der Waals surface area contributed by atoms with Crippen molar-refractivity contribution in [2.24, 2.45) is 5.73 Å². The second kappa shape index (κ2) is 30.3. The van der Waals surface area contributed by atoms with E-state index in [-0.39, 0.29) is 60.9 Å². The van der Waals surface area contributed by atoms with Gasteiger partial charge in [0.2, 0.25) is 0 Å². The first-order valence-electron chi connectivity index (χ1n) is 15.4. The van der Waals surface area contributed by atoms with Crippen LogP contribution in [0.1, 0.15) is 55.2 Å². The molecule has 0 radical (unpaired) electrons. The van der Waals surface area contributed by atoms with Gasteiger partial charge in [0.1, 0.15) is 5.82 Å². The maximum atomic E-state index is 12.4. The molecule has 0 bridgehead atoms. The zero-order chi connectivity index (χ0) is 35.6. The maximum absolute atomic E-state index is 12.4. The maximum Gasteiger partial charge on any atom is 0.272 e. The minimum atomic E-state index is -0.533. The summed E-state index contributed by atoms with van der Waals surface area (Å²) in [6.45, 7) is 8.30. The van der Waals surface area contributed by atoms with Crippen molar-refractivity contribution in [1.82, 2.24) is 0 Å². The summed E-state index contributed by atoms with van der Waals surface area (Å²) in [6, 6.07) is 14.2. The van der Waals surface area contributed by atoms with Crippen LogP contribution in [0.25, 0.3) is 0 Å². The van der Waals surface area contributed by atoms with E-state index in [4.69, 9.17) is 26.8 Å². The van der Waals surface area contributed by atoms with Crippen LogP contribution in [-0.4, -0.2) is 64.6 Å². The molecule has 3 aromatic rings. The number of anilines is 3. The highest BCUT2D eigenvalue weighted by Crippen LogP contribution is 2.21. The summed E-state index contributed by atoms with van der Waals surface area (Å²) in [5.41, 5.74) is 15.8. The first-order valence-corrected chi connectivity index (χ1v) is 15.4. The molecule has 0 aliphatic rings. The third-order valence-electron chi connectivity index (χ3n) is 6.46. The van der Waals surface area contributed by atoms with Crippen LogP contribution < -0.4 is 22.1 Å². The van der Waals surface area contributed by atoms with Crippen molar-refractivity contribution in [3.63, 3.8) is 0 Å². The Morgan fingerprint density at radius 3 is 1.43 bits per heavy atom. The SMILES string of the molecule is Cc1cc(F)ccc1[N+](=O)[O-].Cc1cc(NCCCCO)ccc1N.Cc1cc(NCCCCO)ccc1[N+](=O)[O-].Cl.Cl.NCCCCO. The Kier molecular flexibility index (Phi) is 30.6. The molecule has 0 saturated heterocycles. The molecule has 0 spiro atoms. The molecule has 278 valence electrons. The van der Waals surface area contributed by atoms with Gasteiger partial charge in [0.05, 0.1) is 9.85 Å². The van der Waals surface area contributed by atoms with Crippen LogP contribution in [0, 0.1) is 46.8 Å². The van der Waals surface area contributed by atoms with E-state index < -0.39 is 10.7 Å². The molecule has 0 aromatic heterocycles. The number of nitrogens with two attached hydrogens (primary N) is 2. The van der Waals surface area contributed by atoms with Gasteiger partial charge in [-0.15, -0.1) is 24.8 Å². The summed E-state index contributed by atoms with van der Waals surface area (Å²) < 4.78 is 12.4.